The molecule has 12 saturated carbocycles. The van der Waals surface area contributed by atoms with Crippen molar-refractivity contribution >= 4 is 0 Å². The van der Waals surface area contributed by atoms with Crippen molar-refractivity contribution in [2.24, 2.45) is 82.9 Å². The lowest BCUT2D eigenvalue weighted by atomic mass is 9.51. The van der Waals surface area contributed by atoms with Gasteiger partial charge in [-0.2, -0.15) is 10.5 Å². The smallest absolute Gasteiger partial charge is 0.123 e. The van der Waals surface area contributed by atoms with Crippen molar-refractivity contribution in [2.45, 2.75) is 268 Å². The van der Waals surface area contributed by atoms with Gasteiger partial charge in [0.25, 0.3) is 0 Å². The molecule has 85 heavy (non-hydrogen) atoms. The van der Waals surface area contributed by atoms with Crippen molar-refractivity contribution in [2.75, 3.05) is 0 Å². The van der Waals surface area contributed by atoms with Crippen molar-refractivity contribution in [3.63, 3.8) is 0 Å². The quantitative estimate of drug-likeness (QED) is 0.205. The number of nitriles is 2. The second-order valence-electron chi connectivity index (χ2n) is 29.0. The van der Waals surface area contributed by atoms with E-state index in [9.17, 15) is 8.78 Å². The third-order valence-electron chi connectivity index (χ3n) is 21.8. The summed E-state index contributed by atoms with van der Waals surface area (Å²) >= 11 is 0. The predicted molar refractivity (Wildman–Crippen MR) is 360 cm³/mol. The summed E-state index contributed by atoms with van der Waals surface area (Å²) in [6.07, 6.45) is 47.2. The molecule has 4 aromatic carbocycles. The molecule has 12 aliphatic carbocycles. The molecule has 0 unspecified atom stereocenters. The van der Waals surface area contributed by atoms with Crippen LogP contribution in [0.15, 0.2) is 97.1 Å². The molecule has 0 aliphatic heterocycles. The summed E-state index contributed by atoms with van der Waals surface area (Å²) < 4.78 is 24.3. The van der Waals surface area contributed by atoms with Gasteiger partial charge in [-0.3, -0.25) is 0 Å². The molecule has 4 aromatic rings. The average Bonchev–Trinajstić information content (AvgIpc) is 1.61. The van der Waals surface area contributed by atoms with E-state index in [4.69, 9.17) is 10.5 Å². The number of aryl methyl sites for hydroxylation is 4. The highest BCUT2D eigenvalue weighted by atomic mass is 19.1. The summed E-state index contributed by atoms with van der Waals surface area (Å²) in [6, 6.07) is 32.0. The second-order valence-corrected chi connectivity index (χ2v) is 29.0. The minimum Gasteiger partial charge on any atom is -0.207 e. The highest BCUT2D eigenvalue weighted by molar-refractivity contribution is 5.32. The Balaban J connectivity index is 0.000000174. The third-order valence-corrected chi connectivity index (χ3v) is 21.8. The molecule has 2 nitrogen and oxygen atoms in total. The molecule has 12 fully saturated rings. The van der Waals surface area contributed by atoms with Gasteiger partial charge in [-0.15, -0.1) is 0 Å². The van der Waals surface area contributed by atoms with Gasteiger partial charge in [0.15, 0.2) is 0 Å². The molecule has 0 N–H and O–H groups in total. The molecule has 0 heterocycles. The molecule has 0 radical (unpaired) electrons. The Bertz CT molecular complexity index is 2340. The molecule has 4 heteroatoms. The van der Waals surface area contributed by atoms with Crippen molar-refractivity contribution in [1.29, 1.82) is 10.5 Å². The van der Waals surface area contributed by atoms with Crippen LogP contribution < -0.4 is 0 Å². The van der Waals surface area contributed by atoms with Gasteiger partial charge in [0.05, 0.1) is 23.3 Å². The lowest BCUT2D eigenvalue weighted by Crippen LogP contribution is -2.44. The minimum atomic E-state index is -0.171. The fourth-order valence-corrected chi connectivity index (χ4v) is 16.8. The zero-order chi connectivity index (χ0) is 61.3. The second kappa shape index (κ2) is 40.3. The van der Waals surface area contributed by atoms with Gasteiger partial charge < -0.3 is 0 Å². The van der Waals surface area contributed by atoms with Crippen LogP contribution in [0.5, 0.6) is 0 Å². The van der Waals surface area contributed by atoms with E-state index in [1.807, 2.05) is 76.2 Å². The van der Waals surface area contributed by atoms with Crippen molar-refractivity contribution in [1.82, 2.24) is 0 Å². The highest BCUT2D eigenvalue weighted by Gasteiger charge is 2.47. The largest absolute Gasteiger partial charge is 0.207 e. The van der Waals surface area contributed by atoms with Gasteiger partial charge in [0.2, 0.25) is 0 Å². The Hall–Kier alpha value is -4.28. The first-order valence-electron chi connectivity index (χ1n) is 35.5. The molecule has 8 bridgehead atoms. The first-order chi connectivity index (χ1) is 41.1. The maximum absolute atomic E-state index is 12.2. The fourth-order valence-electron chi connectivity index (χ4n) is 16.8. The molecule has 0 atom stereocenters. The van der Waals surface area contributed by atoms with Gasteiger partial charge in [-0.05, 0) is 234 Å². The van der Waals surface area contributed by atoms with Crippen LogP contribution >= 0.6 is 0 Å². The Kier molecular flexibility index (Phi) is 33.9. The monoisotopic (exact) mass is 1160 g/mol. The van der Waals surface area contributed by atoms with E-state index >= 15 is 0 Å². The van der Waals surface area contributed by atoms with E-state index in [1.54, 1.807) is 88.5 Å². The van der Waals surface area contributed by atoms with E-state index in [0.717, 1.165) is 111 Å². The highest BCUT2D eigenvalue weighted by Crippen LogP contribution is 2.58. The van der Waals surface area contributed by atoms with Crippen LogP contribution in [0.3, 0.4) is 0 Å². The normalized spacial score (nSPS) is 27.3. The first-order valence-corrected chi connectivity index (χ1v) is 35.5. The number of hydrogen-bond acceptors (Lipinski definition) is 2. The number of halogens is 2. The molecular formula is C81H122F2N2. The van der Waals surface area contributed by atoms with Crippen LogP contribution in [0.2, 0.25) is 0 Å². The summed E-state index contributed by atoms with van der Waals surface area (Å²) in [5.74, 6) is 15.4. The molecule has 0 saturated heterocycles. The SMILES string of the molecule is CC1C2CC3CC(C2)CC1C3.CC1CCCC1.CC1CCCCC1.CCC1C2CC3CC(C2)CC1C3.CCC1CCCC1.CCC1CCCCC1.Cc1ccc(C#N)cc1.Cc1ccc(F)cc1.Cc1cccc(C#N)c1.Cc1cccc(F)c1. The van der Waals surface area contributed by atoms with Crippen LogP contribution in [0, 0.1) is 145 Å². The Labute approximate surface area is 522 Å². The van der Waals surface area contributed by atoms with E-state index in [0.29, 0.717) is 0 Å². The molecule has 16 rings (SSSR count). The van der Waals surface area contributed by atoms with Crippen LogP contribution in [-0.2, 0) is 0 Å². The summed E-state index contributed by atoms with van der Waals surface area (Å²) in [5, 5.41) is 16.8. The average molecular weight is 1160 g/mol. The standard InChI is InChI=1S/C12H20.C11H18.2C8H7N.C8H16.2C7H7F.2C7H14.C6H12/c1-2-12-10-4-8-3-9(6-10)7-11(12)5-8;1-7-10-3-8-2-9(5-10)6-11(7)4-8;1-7-2-4-8(6-9)5-3-7;1-7-3-2-4-8(5-7)6-9;1-2-8-6-4-3-5-7-8;1-6-2-4-7(8)5-3-6;1-6-3-2-4-7(8)5-6;1-7-5-3-2-4-6-7;1-2-7-5-3-4-6-7;1-6-4-2-3-5-6/h8-12H,2-7H2,1H3;7-11H,2-6H2,1H3;2*2-5H,1H3;8H,2-7H2,1H3;2*2-5H,1H3;2*7H,2-6H2,1H3;6H,2-5H2,1H3. The summed E-state index contributed by atoms with van der Waals surface area (Å²) in [7, 11) is 0. The topological polar surface area (TPSA) is 47.6 Å². The van der Waals surface area contributed by atoms with Crippen molar-refractivity contribution in [3.05, 3.63) is 142 Å². The molecular weight excluding hydrogens is 1040 g/mol. The zero-order valence-electron chi connectivity index (χ0n) is 55.9. The lowest BCUT2D eigenvalue weighted by molar-refractivity contribution is -0.0376. The summed E-state index contributed by atoms with van der Waals surface area (Å²) in [6.45, 7) is 22.0. The fraction of sp³-hybridized carbons (Fsp3) is 0.679. The van der Waals surface area contributed by atoms with Crippen molar-refractivity contribution in [3.8, 4) is 12.1 Å². The molecule has 12 aliphatic rings. The van der Waals surface area contributed by atoms with Gasteiger partial charge in [0.1, 0.15) is 11.6 Å². The van der Waals surface area contributed by atoms with Crippen LogP contribution in [0.1, 0.15) is 274 Å². The molecule has 0 amide bonds. The zero-order valence-corrected chi connectivity index (χ0v) is 55.9. The molecule has 0 spiro atoms. The van der Waals surface area contributed by atoms with E-state index in [1.165, 1.54) is 165 Å². The summed E-state index contributed by atoms with van der Waals surface area (Å²) in [4.78, 5) is 0. The van der Waals surface area contributed by atoms with E-state index in [-0.39, 0.29) is 11.6 Å². The summed E-state index contributed by atoms with van der Waals surface area (Å²) in [5.41, 5.74) is 5.83. The number of rotatable bonds is 3. The molecule has 470 valence electrons. The Morgan fingerprint density at radius 1 is 0.365 bits per heavy atom. The van der Waals surface area contributed by atoms with Gasteiger partial charge in [-0.1, -0.05) is 236 Å². The van der Waals surface area contributed by atoms with E-state index in [2.05, 4.69) is 53.7 Å². The maximum Gasteiger partial charge on any atom is 0.123 e. The third kappa shape index (κ3) is 27.8. The van der Waals surface area contributed by atoms with Crippen LogP contribution in [0.4, 0.5) is 8.78 Å². The van der Waals surface area contributed by atoms with Crippen LogP contribution in [0.25, 0.3) is 0 Å². The first kappa shape index (κ1) is 71.5. The maximum atomic E-state index is 12.2. The van der Waals surface area contributed by atoms with Crippen molar-refractivity contribution < 1.29 is 8.78 Å². The number of hydrogen-bond donors (Lipinski definition) is 0. The number of benzene rings is 4. The van der Waals surface area contributed by atoms with Gasteiger partial charge in [-0.25, -0.2) is 8.78 Å². The minimum absolute atomic E-state index is 0.162. The van der Waals surface area contributed by atoms with Crippen LogP contribution in [-0.4, -0.2) is 0 Å². The Morgan fingerprint density at radius 2 is 0.729 bits per heavy atom. The Morgan fingerprint density at radius 3 is 1.02 bits per heavy atom. The lowest BCUT2D eigenvalue weighted by Gasteiger charge is -2.54. The van der Waals surface area contributed by atoms with Gasteiger partial charge >= 0.3 is 0 Å². The van der Waals surface area contributed by atoms with E-state index < -0.39 is 0 Å². The predicted octanol–water partition coefficient (Wildman–Crippen LogP) is 24.9. The van der Waals surface area contributed by atoms with Gasteiger partial charge in [0, 0.05) is 0 Å². The number of nitrogens with zero attached hydrogens (tertiary/aromatic N) is 2. The molecule has 0 aromatic heterocycles.